The Balaban J connectivity index is 1.42. The van der Waals surface area contributed by atoms with E-state index in [2.05, 4.69) is 46.5 Å². The summed E-state index contributed by atoms with van der Waals surface area (Å²) >= 11 is 0. The van der Waals surface area contributed by atoms with Crippen molar-refractivity contribution in [3.63, 3.8) is 0 Å². The third kappa shape index (κ3) is 6.45. The zero-order valence-corrected chi connectivity index (χ0v) is 22.6. The van der Waals surface area contributed by atoms with Gasteiger partial charge in [-0.05, 0) is 34.4 Å². The van der Waals surface area contributed by atoms with Gasteiger partial charge in [-0.2, -0.15) is 0 Å². The monoisotopic (exact) mass is 560 g/mol. The lowest BCUT2D eigenvalue weighted by Gasteiger charge is -2.40. The molecule has 1 heterocycles. The molecular weight excluding hydrogens is 529 g/mol. The summed E-state index contributed by atoms with van der Waals surface area (Å²) in [4.78, 5) is 15.1. The first-order valence-corrected chi connectivity index (χ1v) is 13.4. The highest BCUT2D eigenvalue weighted by Gasteiger charge is 2.44. The molecule has 4 aromatic rings. The molecule has 0 spiro atoms. The first kappa shape index (κ1) is 28.4. The number of hydrogen-bond acceptors (Lipinski definition) is 4. The van der Waals surface area contributed by atoms with Crippen LogP contribution >= 0.6 is 0 Å². The summed E-state index contributed by atoms with van der Waals surface area (Å²) in [7, 11) is 1.64. The number of benzene rings is 4. The van der Waals surface area contributed by atoms with Crippen LogP contribution in [0.15, 0.2) is 115 Å². The summed E-state index contributed by atoms with van der Waals surface area (Å²) in [5, 5.41) is 3.92. The van der Waals surface area contributed by atoms with Crippen LogP contribution in [0, 0.1) is 0 Å². The second kappa shape index (κ2) is 12.2. The van der Waals surface area contributed by atoms with Crippen molar-refractivity contribution in [3.8, 4) is 5.75 Å². The van der Waals surface area contributed by atoms with E-state index in [1.54, 1.807) is 12.0 Å². The third-order valence-corrected chi connectivity index (χ3v) is 7.46. The molecule has 212 valence electrons. The number of nitrogens with zero attached hydrogens (tertiary/aromatic N) is 1. The molecule has 0 radical (unpaired) electrons. The summed E-state index contributed by atoms with van der Waals surface area (Å²) in [6, 6.07) is 35.8. The van der Waals surface area contributed by atoms with Crippen molar-refractivity contribution >= 4 is 5.91 Å². The highest BCUT2D eigenvalue weighted by atomic mass is 19.4. The highest BCUT2D eigenvalue weighted by Crippen LogP contribution is 2.38. The second-order valence-corrected chi connectivity index (χ2v) is 10.0. The summed E-state index contributed by atoms with van der Waals surface area (Å²) in [6.07, 6.45) is -4.99. The van der Waals surface area contributed by atoms with Crippen molar-refractivity contribution in [1.82, 2.24) is 10.2 Å². The smallest absolute Gasteiger partial charge is 0.406 e. The lowest BCUT2D eigenvalue weighted by atomic mass is 9.76. The number of nitrogens with one attached hydrogen (secondary N) is 1. The summed E-state index contributed by atoms with van der Waals surface area (Å²) < 4.78 is 47.3. The lowest BCUT2D eigenvalue weighted by Crippen LogP contribution is -2.54. The van der Waals surface area contributed by atoms with Crippen LogP contribution in [-0.2, 0) is 21.5 Å². The van der Waals surface area contributed by atoms with Gasteiger partial charge < -0.3 is 14.4 Å². The van der Waals surface area contributed by atoms with Gasteiger partial charge in [-0.3, -0.25) is 10.1 Å². The van der Waals surface area contributed by atoms with E-state index in [0.29, 0.717) is 18.7 Å². The molecule has 2 unspecified atom stereocenters. The zero-order valence-electron chi connectivity index (χ0n) is 22.6. The van der Waals surface area contributed by atoms with E-state index in [9.17, 15) is 18.0 Å². The molecule has 8 heteroatoms. The number of rotatable bonds is 9. The first-order chi connectivity index (χ1) is 19.8. The molecule has 1 amide bonds. The Hall–Kier alpha value is -4.14. The van der Waals surface area contributed by atoms with Crippen molar-refractivity contribution in [3.05, 3.63) is 138 Å². The molecule has 1 saturated heterocycles. The van der Waals surface area contributed by atoms with E-state index in [1.807, 2.05) is 54.6 Å². The first-order valence-electron chi connectivity index (χ1n) is 13.4. The van der Waals surface area contributed by atoms with Gasteiger partial charge in [0.05, 0.1) is 24.1 Å². The van der Waals surface area contributed by atoms with Crippen molar-refractivity contribution < 1.29 is 27.4 Å². The normalized spacial score (nSPS) is 17.4. The quantitative estimate of drug-likeness (QED) is 0.258. The van der Waals surface area contributed by atoms with Gasteiger partial charge in [0.15, 0.2) is 0 Å². The Labute approximate surface area is 237 Å². The Morgan fingerprint density at radius 1 is 0.780 bits per heavy atom. The van der Waals surface area contributed by atoms with Crippen LogP contribution in [0.3, 0.4) is 0 Å². The van der Waals surface area contributed by atoms with E-state index < -0.39 is 11.9 Å². The number of methoxy groups -OCH3 is 1. The Bertz CT molecular complexity index is 1320. The molecule has 41 heavy (non-hydrogen) atoms. The van der Waals surface area contributed by atoms with Gasteiger partial charge in [-0.15, -0.1) is 13.2 Å². The van der Waals surface area contributed by atoms with E-state index in [0.717, 1.165) is 16.7 Å². The van der Waals surface area contributed by atoms with Crippen LogP contribution in [0.2, 0.25) is 0 Å². The highest BCUT2D eigenvalue weighted by molar-refractivity contribution is 5.79. The van der Waals surface area contributed by atoms with Crippen molar-refractivity contribution in [2.24, 2.45) is 0 Å². The van der Waals surface area contributed by atoms with Gasteiger partial charge in [0.2, 0.25) is 5.91 Å². The van der Waals surface area contributed by atoms with Crippen molar-refractivity contribution in [2.75, 3.05) is 20.2 Å². The van der Waals surface area contributed by atoms with Crippen molar-refractivity contribution in [1.29, 1.82) is 0 Å². The number of likely N-dealkylation sites (tertiary alicyclic amines) is 1. The van der Waals surface area contributed by atoms with Crippen LogP contribution in [0.25, 0.3) is 0 Å². The molecule has 0 aromatic heterocycles. The number of hydrogen-bond donors (Lipinski definition) is 1. The van der Waals surface area contributed by atoms with Crippen LogP contribution in [-0.4, -0.2) is 49.5 Å². The maximum Gasteiger partial charge on any atom is 0.573 e. The second-order valence-electron chi connectivity index (χ2n) is 10.0. The topological polar surface area (TPSA) is 50.8 Å². The number of ether oxygens (including phenoxy) is 2. The molecule has 1 N–H and O–H groups in total. The zero-order chi connectivity index (χ0) is 28.9. The maximum absolute atomic E-state index is 13.3. The molecule has 1 aliphatic rings. The molecule has 5 nitrogen and oxygen atoms in total. The van der Waals surface area contributed by atoms with Gasteiger partial charge in [0.25, 0.3) is 0 Å². The Kier molecular flexibility index (Phi) is 8.42. The molecule has 0 aliphatic carbocycles. The fourth-order valence-corrected chi connectivity index (χ4v) is 5.54. The SMILES string of the molecule is COC1CN(C(=O)Cc2ccc(OC(F)(F)F)cc2)CC1NC(c1ccccc1)(c1ccccc1)c1ccccc1. The molecule has 1 aliphatic heterocycles. The average molecular weight is 561 g/mol. The van der Waals surface area contributed by atoms with Crippen LogP contribution in [0.5, 0.6) is 5.75 Å². The fourth-order valence-electron chi connectivity index (χ4n) is 5.54. The Morgan fingerprint density at radius 2 is 1.27 bits per heavy atom. The minimum atomic E-state index is -4.77. The summed E-state index contributed by atoms with van der Waals surface area (Å²) in [6.45, 7) is 0.789. The average Bonchev–Trinajstić information content (AvgIpc) is 3.40. The van der Waals surface area contributed by atoms with Crippen LogP contribution in [0.1, 0.15) is 22.3 Å². The fraction of sp³-hybridized carbons (Fsp3) is 0.242. The predicted octanol–water partition coefficient (Wildman–Crippen LogP) is 5.94. The number of amides is 1. The van der Waals surface area contributed by atoms with E-state index >= 15 is 0 Å². The van der Waals surface area contributed by atoms with Gasteiger partial charge in [-0.1, -0.05) is 103 Å². The standard InChI is InChI=1S/C33H31F3N2O3/c1-40-30-23-38(31(39)21-24-17-19-28(20-18-24)41-33(34,35)36)22-29(30)37-32(25-11-5-2-6-12-25,26-13-7-3-8-14-26)27-15-9-4-10-16-27/h2-20,29-30,37H,21-23H2,1H3. The molecule has 0 bridgehead atoms. The molecule has 0 saturated carbocycles. The molecule has 2 atom stereocenters. The maximum atomic E-state index is 13.3. The molecule has 4 aromatic carbocycles. The van der Waals surface area contributed by atoms with Crippen LogP contribution in [0.4, 0.5) is 13.2 Å². The largest absolute Gasteiger partial charge is 0.573 e. The van der Waals surface area contributed by atoms with Gasteiger partial charge >= 0.3 is 6.36 Å². The van der Waals surface area contributed by atoms with Crippen molar-refractivity contribution in [2.45, 2.75) is 30.5 Å². The van der Waals surface area contributed by atoms with E-state index in [4.69, 9.17) is 4.74 Å². The van der Waals surface area contributed by atoms with E-state index in [-0.39, 0.29) is 30.2 Å². The van der Waals surface area contributed by atoms with Gasteiger partial charge in [-0.25, -0.2) is 0 Å². The number of alkyl halides is 3. The van der Waals surface area contributed by atoms with E-state index in [1.165, 1.54) is 24.3 Å². The molecule has 1 fully saturated rings. The van der Waals surface area contributed by atoms with Crippen LogP contribution < -0.4 is 10.1 Å². The minimum absolute atomic E-state index is 0.0522. The minimum Gasteiger partial charge on any atom is -0.406 e. The summed E-state index contributed by atoms with van der Waals surface area (Å²) in [5.41, 5.74) is 3.04. The van der Waals surface area contributed by atoms with Gasteiger partial charge in [0, 0.05) is 20.2 Å². The third-order valence-electron chi connectivity index (χ3n) is 7.46. The Morgan fingerprint density at radius 3 is 1.71 bits per heavy atom. The summed E-state index contributed by atoms with van der Waals surface area (Å²) in [5.74, 6) is -0.455. The predicted molar refractivity (Wildman–Crippen MR) is 150 cm³/mol. The number of carbonyl (C=O) groups is 1. The number of halogens is 3. The lowest BCUT2D eigenvalue weighted by molar-refractivity contribution is -0.274. The molecule has 5 rings (SSSR count). The van der Waals surface area contributed by atoms with Gasteiger partial charge in [0.1, 0.15) is 5.75 Å². The number of carbonyl (C=O) groups excluding carboxylic acids is 1. The molecular formula is C33H31F3N2O3.